The number of hydrogen-bond acceptors (Lipinski definition) is 4. The molecular weight excluding hydrogens is 342 g/mol. The van der Waals surface area contributed by atoms with Crippen LogP contribution < -0.4 is 15.8 Å². The lowest BCUT2D eigenvalue weighted by molar-refractivity contribution is 0.248. The smallest absolute Gasteiger partial charge is 0.319 e. The number of para-hydroxylation sites is 1. The fraction of sp³-hybridized carbons (Fsp3) is 0.118. The molecule has 4 N–H and O–H groups in total. The van der Waals surface area contributed by atoms with Gasteiger partial charge in [0.15, 0.2) is 0 Å². The van der Waals surface area contributed by atoms with Crippen molar-refractivity contribution < 1.29 is 17.6 Å². The van der Waals surface area contributed by atoms with Crippen molar-refractivity contribution in [3.8, 4) is 0 Å². The van der Waals surface area contributed by atoms with E-state index in [4.69, 9.17) is 9.56 Å². The van der Waals surface area contributed by atoms with Crippen LogP contribution >= 0.6 is 0 Å². The highest BCUT2D eigenvalue weighted by Gasteiger charge is 2.14. The number of amides is 2. The van der Waals surface area contributed by atoms with E-state index in [1.807, 2.05) is 30.3 Å². The van der Waals surface area contributed by atoms with E-state index >= 15 is 0 Å². The number of primary sulfonamides is 1. The van der Waals surface area contributed by atoms with E-state index in [9.17, 15) is 13.2 Å². The first-order valence-electron chi connectivity index (χ1n) is 7.52. The van der Waals surface area contributed by atoms with Crippen LogP contribution in [-0.4, -0.2) is 14.4 Å². The lowest BCUT2D eigenvalue weighted by Crippen LogP contribution is -2.30. The van der Waals surface area contributed by atoms with Gasteiger partial charge in [0.25, 0.3) is 0 Å². The lowest BCUT2D eigenvalue weighted by Gasteiger charge is -2.12. The van der Waals surface area contributed by atoms with Crippen LogP contribution in [0.25, 0.3) is 11.0 Å². The number of sulfonamides is 1. The van der Waals surface area contributed by atoms with Crippen molar-refractivity contribution in [2.75, 3.05) is 5.32 Å². The van der Waals surface area contributed by atoms with Crippen molar-refractivity contribution in [2.24, 2.45) is 5.14 Å². The van der Waals surface area contributed by atoms with Crippen LogP contribution in [0.4, 0.5) is 10.5 Å². The zero-order chi connectivity index (χ0) is 18.0. The van der Waals surface area contributed by atoms with E-state index in [1.54, 1.807) is 6.92 Å². The summed E-state index contributed by atoms with van der Waals surface area (Å²) in [7, 11) is -3.76. The molecule has 8 heteroatoms. The SMILES string of the molecule is CC(NC(=O)Nc1ccc(S(N)(=O)=O)cc1)c1cc2ccccc2o1. The molecule has 130 valence electrons. The predicted molar refractivity (Wildman–Crippen MR) is 94.6 cm³/mol. The number of furan rings is 1. The molecule has 0 saturated heterocycles. The molecule has 1 unspecified atom stereocenters. The van der Waals surface area contributed by atoms with E-state index in [2.05, 4.69) is 10.6 Å². The molecular formula is C17H17N3O4S. The number of nitrogens with one attached hydrogen (secondary N) is 2. The first-order valence-corrected chi connectivity index (χ1v) is 9.06. The Hall–Kier alpha value is -2.84. The van der Waals surface area contributed by atoms with Gasteiger partial charge in [-0.25, -0.2) is 18.4 Å². The van der Waals surface area contributed by atoms with Gasteiger partial charge in [0.1, 0.15) is 11.3 Å². The number of carbonyl (C=O) groups is 1. The van der Waals surface area contributed by atoms with Gasteiger partial charge in [-0.2, -0.15) is 0 Å². The summed E-state index contributed by atoms with van der Waals surface area (Å²) >= 11 is 0. The number of fused-ring (bicyclic) bond motifs is 1. The van der Waals surface area contributed by atoms with Gasteiger partial charge in [-0.15, -0.1) is 0 Å². The average molecular weight is 359 g/mol. The van der Waals surface area contributed by atoms with E-state index < -0.39 is 16.1 Å². The van der Waals surface area contributed by atoms with Crippen LogP contribution in [0.5, 0.6) is 0 Å². The average Bonchev–Trinajstić information content (AvgIpc) is 2.98. The maximum Gasteiger partial charge on any atom is 0.319 e. The summed E-state index contributed by atoms with van der Waals surface area (Å²) in [6, 6.07) is 14.3. The summed E-state index contributed by atoms with van der Waals surface area (Å²) in [5, 5.41) is 11.4. The third kappa shape index (κ3) is 3.98. The highest BCUT2D eigenvalue weighted by molar-refractivity contribution is 7.89. The van der Waals surface area contributed by atoms with Crippen LogP contribution in [0.2, 0.25) is 0 Å². The number of urea groups is 1. The molecule has 0 fully saturated rings. The fourth-order valence-electron chi connectivity index (χ4n) is 2.38. The maximum atomic E-state index is 12.1. The first-order chi connectivity index (χ1) is 11.8. The minimum absolute atomic E-state index is 0.0194. The minimum Gasteiger partial charge on any atom is -0.459 e. The molecule has 7 nitrogen and oxygen atoms in total. The Kier molecular flexibility index (Phi) is 4.47. The van der Waals surface area contributed by atoms with Crippen LogP contribution in [0.1, 0.15) is 18.7 Å². The number of carbonyl (C=O) groups excluding carboxylic acids is 1. The van der Waals surface area contributed by atoms with E-state index in [-0.39, 0.29) is 10.9 Å². The van der Waals surface area contributed by atoms with Gasteiger partial charge < -0.3 is 15.1 Å². The number of nitrogens with two attached hydrogens (primary N) is 1. The molecule has 0 saturated carbocycles. The Labute approximate surface area is 144 Å². The molecule has 3 aromatic rings. The highest BCUT2D eigenvalue weighted by atomic mass is 32.2. The van der Waals surface area contributed by atoms with Crippen LogP contribution in [0.3, 0.4) is 0 Å². The molecule has 0 spiro atoms. The van der Waals surface area contributed by atoms with Crippen LogP contribution in [0, 0.1) is 0 Å². The van der Waals surface area contributed by atoms with E-state index in [0.717, 1.165) is 11.0 Å². The van der Waals surface area contributed by atoms with E-state index in [1.165, 1.54) is 24.3 Å². The van der Waals surface area contributed by atoms with Gasteiger partial charge in [-0.1, -0.05) is 18.2 Å². The zero-order valence-corrected chi connectivity index (χ0v) is 14.2. The molecule has 0 bridgehead atoms. The molecule has 1 heterocycles. The molecule has 0 aliphatic heterocycles. The quantitative estimate of drug-likeness (QED) is 0.664. The van der Waals surface area contributed by atoms with Gasteiger partial charge in [0.2, 0.25) is 10.0 Å². The van der Waals surface area contributed by atoms with Gasteiger partial charge in [-0.3, -0.25) is 0 Å². The van der Waals surface area contributed by atoms with Gasteiger partial charge in [0.05, 0.1) is 10.9 Å². The Morgan fingerprint density at radius 1 is 1.12 bits per heavy atom. The summed E-state index contributed by atoms with van der Waals surface area (Å²) in [5.41, 5.74) is 1.20. The number of rotatable bonds is 4. The van der Waals surface area contributed by atoms with Gasteiger partial charge >= 0.3 is 6.03 Å². The summed E-state index contributed by atoms with van der Waals surface area (Å²) < 4.78 is 28.1. The van der Waals surface area contributed by atoms with Crippen molar-refractivity contribution in [3.05, 3.63) is 60.4 Å². The molecule has 1 atom stereocenters. The summed E-state index contributed by atoms with van der Waals surface area (Å²) in [5.74, 6) is 0.640. The molecule has 2 aromatic carbocycles. The Morgan fingerprint density at radius 2 is 1.80 bits per heavy atom. The predicted octanol–water partition coefficient (Wildman–Crippen LogP) is 2.96. The number of anilines is 1. The lowest BCUT2D eigenvalue weighted by atomic mass is 10.2. The minimum atomic E-state index is -3.76. The fourth-order valence-corrected chi connectivity index (χ4v) is 2.89. The molecule has 0 aliphatic rings. The molecule has 3 rings (SSSR count). The number of hydrogen-bond donors (Lipinski definition) is 3. The van der Waals surface area contributed by atoms with Gasteiger partial charge in [0, 0.05) is 11.1 Å². The summed E-state index contributed by atoms with van der Waals surface area (Å²) in [6.45, 7) is 1.81. The largest absolute Gasteiger partial charge is 0.459 e. The number of benzene rings is 2. The third-order valence-corrected chi connectivity index (χ3v) is 4.59. The second kappa shape index (κ2) is 6.58. The molecule has 2 amide bonds. The van der Waals surface area contributed by atoms with Crippen LogP contribution in [-0.2, 0) is 10.0 Å². The van der Waals surface area contributed by atoms with Crippen molar-refractivity contribution in [3.63, 3.8) is 0 Å². The Balaban J connectivity index is 1.65. The standard InChI is InChI=1S/C17H17N3O4S/c1-11(16-10-12-4-2-3-5-15(12)24-16)19-17(21)20-13-6-8-14(9-7-13)25(18,22)23/h2-11H,1H3,(H2,18,22,23)(H2,19,20,21). The van der Waals surface area contributed by atoms with Crippen molar-refractivity contribution >= 4 is 32.7 Å². The van der Waals surface area contributed by atoms with Crippen molar-refractivity contribution in [1.82, 2.24) is 5.32 Å². The highest BCUT2D eigenvalue weighted by Crippen LogP contribution is 2.23. The Bertz CT molecular complexity index is 977. The molecule has 0 radical (unpaired) electrons. The molecule has 1 aromatic heterocycles. The van der Waals surface area contributed by atoms with Gasteiger partial charge in [-0.05, 0) is 43.3 Å². The second-order valence-corrected chi connectivity index (χ2v) is 7.14. The van der Waals surface area contributed by atoms with Crippen molar-refractivity contribution in [2.45, 2.75) is 17.9 Å². The van der Waals surface area contributed by atoms with E-state index in [0.29, 0.717) is 11.4 Å². The second-order valence-electron chi connectivity index (χ2n) is 5.58. The monoisotopic (exact) mass is 359 g/mol. The Morgan fingerprint density at radius 3 is 2.44 bits per heavy atom. The zero-order valence-electron chi connectivity index (χ0n) is 13.4. The summed E-state index contributed by atoms with van der Waals surface area (Å²) in [4.78, 5) is 12.1. The molecule has 25 heavy (non-hydrogen) atoms. The topological polar surface area (TPSA) is 114 Å². The molecule has 0 aliphatic carbocycles. The van der Waals surface area contributed by atoms with Crippen molar-refractivity contribution in [1.29, 1.82) is 0 Å². The maximum absolute atomic E-state index is 12.1. The normalized spacial score (nSPS) is 12.7. The summed E-state index contributed by atoms with van der Waals surface area (Å²) in [6.07, 6.45) is 0. The first kappa shape index (κ1) is 17.0. The third-order valence-electron chi connectivity index (χ3n) is 3.66. The van der Waals surface area contributed by atoms with Crippen LogP contribution in [0.15, 0.2) is 63.9 Å².